The van der Waals surface area contributed by atoms with Gasteiger partial charge in [-0.3, -0.25) is 13.9 Å². The lowest BCUT2D eigenvalue weighted by Gasteiger charge is -2.12. The second-order valence-corrected chi connectivity index (χ2v) is 6.25. The molecule has 2 aromatic rings. The van der Waals surface area contributed by atoms with E-state index in [4.69, 9.17) is 0 Å². The van der Waals surface area contributed by atoms with E-state index in [0.717, 1.165) is 18.7 Å². The van der Waals surface area contributed by atoms with Crippen LogP contribution in [-0.2, 0) is 13.1 Å². The summed E-state index contributed by atoms with van der Waals surface area (Å²) in [6.07, 6.45) is 7.97. The molecule has 0 saturated carbocycles. The Balaban J connectivity index is 1.85. The van der Waals surface area contributed by atoms with Gasteiger partial charge >= 0.3 is 5.69 Å². The van der Waals surface area contributed by atoms with Crippen LogP contribution in [0.15, 0.2) is 58.4 Å². The highest BCUT2D eigenvalue weighted by atomic mass is 16.2. The number of rotatable bonds is 5. The molecule has 0 bridgehead atoms. The molecule has 1 aliphatic heterocycles. The zero-order valence-corrected chi connectivity index (χ0v) is 14.0. The molecule has 126 valence electrons. The maximum atomic E-state index is 12.7. The van der Waals surface area contributed by atoms with E-state index in [1.54, 1.807) is 17.7 Å². The SMILES string of the molecule is Cc1cn(Cc2ccccc2)c(=O)n(C/C=C/N2CCCC2)c1=O. The van der Waals surface area contributed by atoms with Crippen molar-refractivity contribution in [1.82, 2.24) is 14.0 Å². The van der Waals surface area contributed by atoms with Crippen LogP contribution in [0.2, 0.25) is 0 Å². The Morgan fingerprint density at radius 2 is 1.79 bits per heavy atom. The first-order valence-electron chi connectivity index (χ1n) is 8.40. The summed E-state index contributed by atoms with van der Waals surface area (Å²) >= 11 is 0. The maximum Gasteiger partial charge on any atom is 0.331 e. The standard InChI is InChI=1S/C19H23N3O2/c1-16-14-21(15-17-8-3-2-4-9-17)19(24)22(18(16)23)13-7-12-20-10-5-6-11-20/h2-4,7-9,12,14H,5-6,10-11,13,15H2,1H3/b12-7+. The van der Waals surface area contributed by atoms with Crippen LogP contribution in [0.5, 0.6) is 0 Å². The van der Waals surface area contributed by atoms with E-state index in [0.29, 0.717) is 18.7 Å². The zero-order valence-electron chi connectivity index (χ0n) is 14.0. The highest BCUT2D eigenvalue weighted by molar-refractivity contribution is 5.16. The van der Waals surface area contributed by atoms with Gasteiger partial charge in [0.1, 0.15) is 0 Å². The fourth-order valence-electron chi connectivity index (χ4n) is 3.05. The summed E-state index contributed by atoms with van der Waals surface area (Å²) in [5.41, 5.74) is 1.15. The Bertz CT molecular complexity index is 828. The van der Waals surface area contributed by atoms with Crippen molar-refractivity contribution >= 4 is 0 Å². The minimum absolute atomic E-state index is 0.213. The smallest absolute Gasteiger partial charge is 0.331 e. The predicted octanol–water partition coefficient (Wildman–Crippen LogP) is 1.98. The van der Waals surface area contributed by atoms with Gasteiger partial charge in [0.25, 0.3) is 5.56 Å². The molecule has 0 unspecified atom stereocenters. The number of allylic oxidation sites excluding steroid dienone is 1. The number of hydrogen-bond donors (Lipinski definition) is 0. The fraction of sp³-hybridized carbons (Fsp3) is 0.368. The van der Waals surface area contributed by atoms with Gasteiger partial charge in [-0.05, 0) is 37.6 Å². The monoisotopic (exact) mass is 325 g/mol. The van der Waals surface area contributed by atoms with Gasteiger partial charge < -0.3 is 4.90 Å². The zero-order chi connectivity index (χ0) is 16.9. The van der Waals surface area contributed by atoms with E-state index < -0.39 is 0 Å². The van der Waals surface area contributed by atoms with E-state index in [1.807, 2.05) is 42.6 Å². The summed E-state index contributed by atoms with van der Waals surface area (Å²) in [5.74, 6) is 0. The Hall–Kier alpha value is -2.56. The predicted molar refractivity (Wildman–Crippen MR) is 95.2 cm³/mol. The molecule has 0 amide bonds. The van der Waals surface area contributed by atoms with Crippen molar-refractivity contribution in [2.24, 2.45) is 0 Å². The highest BCUT2D eigenvalue weighted by Crippen LogP contribution is 2.07. The van der Waals surface area contributed by atoms with Gasteiger partial charge in [-0.15, -0.1) is 0 Å². The van der Waals surface area contributed by atoms with Crippen LogP contribution < -0.4 is 11.2 Å². The summed E-state index contributed by atoms with van der Waals surface area (Å²) in [4.78, 5) is 27.2. The molecule has 0 radical (unpaired) electrons. The van der Waals surface area contributed by atoms with E-state index in [9.17, 15) is 9.59 Å². The molecule has 0 atom stereocenters. The molecule has 24 heavy (non-hydrogen) atoms. The van der Waals surface area contributed by atoms with Gasteiger partial charge in [0.05, 0.1) is 13.1 Å². The van der Waals surface area contributed by atoms with Gasteiger partial charge in [-0.25, -0.2) is 4.79 Å². The van der Waals surface area contributed by atoms with Crippen molar-refractivity contribution in [1.29, 1.82) is 0 Å². The molecule has 1 aliphatic rings. The van der Waals surface area contributed by atoms with Gasteiger partial charge in [0, 0.05) is 24.8 Å². The van der Waals surface area contributed by atoms with Gasteiger partial charge in [0.15, 0.2) is 0 Å². The molecule has 3 rings (SSSR count). The van der Waals surface area contributed by atoms with Crippen LogP contribution in [0.4, 0.5) is 0 Å². The Morgan fingerprint density at radius 1 is 1.08 bits per heavy atom. The normalized spacial score (nSPS) is 14.6. The lowest BCUT2D eigenvalue weighted by molar-refractivity contribution is 0.464. The molecule has 1 aromatic heterocycles. The van der Waals surface area contributed by atoms with Crippen molar-refractivity contribution in [3.8, 4) is 0 Å². The maximum absolute atomic E-state index is 12.7. The molecular formula is C19H23N3O2. The lowest BCUT2D eigenvalue weighted by Crippen LogP contribution is -2.40. The number of aryl methyl sites for hydroxylation is 1. The topological polar surface area (TPSA) is 47.2 Å². The summed E-state index contributed by atoms with van der Waals surface area (Å²) in [5, 5.41) is 0. The van der Waals surface area contributed by atoms with Gasteiger partial charge in [-0.2, -0.15) is 0 Å². The van der Waals surface area contributed by atoms with Crippen LogP contribution in [0.1, 0.15) is 24.0 Å². The quantitative estimate of drug-likeness (QED) is 0.844. The van der Waals surface area contributed by atoms with Crippen molar-refractivity contribution in [3.63, 3.8) is 0 Å². The number of aromatic nitrogens is 2. The van der Waals surface area contributed by atoms with E-state index in [2.05, 4.69) is 4.90 Å². The van der Waals surface area contributed by atoms with Crippen LogP contribution in [0, 0.1) is 6.92 Å². The summed E-state index contributed by atoms with van der Waals surface area (Å²) in [7, 11) is 0. The number of nitrogens with zero attached hydrogens (tertiary/aromatic N) is 3. The molecule has 5 nitrogen and oxygen atoms in total. The second kappa shape index (κ2) is 7.34. The van der Waals surface area contributed by atoms with Crippen LogP contribution >= 0.6 is 0 Å². The van der Waals surface area contributed by atoms with E-state index in [1.165, 1.54) is 17.4 Å². The molecule has 0 aliphatic carbocycles. The third-order valence-corrected chi connectivity index (χ3v) is 4.35. The first kappa shape index (κ1) is 16.3. The number of likely N-dealkylation sites (tertiary alicyclic amines) is 1. The minimum atomic E-state index is -0.263. The first-order valence-corrected chi connectivity index (χ1v) is 8.40. The summed E-state index contributed by atoms with van der Waals surface area (Å²) in [6, 6.07) is 9.79. The molecule has 0 spiro atoms. The largest absolute Gasteiger partial charge is 0.378 e. The van der Waals surface area contributed by atoms with E-state index >= 15 is 0 Å². The average molecular weight is 325 g/mol. The van der Waals surface area contributed by atoms with Crippen LogP contribution in [0.3, 0.4) is 0 Å². The third kappa shape index (κ3) is 3.67. The van der Waals surface area contributed by atoms with Crippen molar-refractivity contribution in [2.75, 3.05) is 13.1 Å². The minimum Gasteiger partial charge on any atom is -0.378 e. The van der Waals surface area contributed by atoms with E-state index in [-0.39, 0.29) is 11.2 Å². The van der Waals surface area contributed by atoms with Gasteiger partial charge in [-0.1, -0.05) is 30.3 Å². The molecule has 1 aromatic carbocycles. The molecule has 5 heteroatoms. The molecule has 0 N–H and O–H groups in total. The average Bonchev–Trinajstić information content (AvgIpc) is 3.10. The first-order chi connectivity index (χ1) is 11.6. The lowest BCUT2D eigenvalue weighted by atomic mass is 10.2. The number of hydrogen-bond acceptors (Lipinski definition) is 3. The van der Waals surface area contributed by atoms with Gasteiger partial charge in [0.2, 0.25) is 0 Å². The van der Waals surface area contributed by atoms with Crippen LogP contribution in [-0.4, -0.2) is 27.1 Å². The molecule has 1 saturated heterocycles. The van der Waals surface area contributed by atoms with Crippen molar-refractivity contribution < 1.29 is 0 Å². The summed E-state index contributed by atoms with van der Waals surface area (Å²) < 4.78 is 2.92. The molecule has 2 heterocycles. The highest BCUT2D eigenvalue weighted by Gasteiger charge is 2.09. The van der Waals surface area contributed by atoms with Crippen molar-refractivity contribution in [2.45, 2.75) is 32.9 Å². The summed E-state index contributed by atoms with van der Waals surface area (Å²) in [6.45, 7) is 4.64. The molecule has 1 fully saturated rings. The number of benzene rings is 1. The Labute approximate surface area is 141 Å². The second-order valence-electron chi connectivity index (χ2n) is 6.25. The molecular weight excluding hydrogens is 302 g/mol. The third-order valence-electron chi connectivity index (χ3n) is 4.35. The van der Waals surface area contributed by atoms with Crippen LogP contribution in [0.25, 0.3) is 0 Å². The Morgan fingerprint density at radius 3 is 2.50 bits per heavy atom. The fourth-order valence-corrected chi connectivity index (χ4v) is 3.05. The Kier molecular flexibility index (Phi) is 4.99. The van der Waals surface area contributed by atoms with Crippen molar-refractivity contribution in [3.05, 3.63) is 80.8 Å².